The lowest BCUT2D eigenvalue weighted by Crippen LogP contribution is -1.82. The van der Waals surface area contributed by atoms with Crippen molar-refractivity contribution < 1.29 is 0 Å². The van der Waals surface area contributed by atoms with Crippen molar-refractivity contribution in [2.45, 2.75) is 32.6 Å². The Balaban J connectivity index is 2.25. The Labute approximate surface area is 80.3 Å². The van der Waals surface area contributed by atoms with Gasteiger partial charge in [0.05, 0.1) is 0 Å². The molecule has 0 spiro atoms. The number of aryl methyl sites for hydroxylation is 2. The SMILES string of the molecule is CC/C=C/c1ccc2c(c1)CCC2. The largest absolute Gasteiger partial charge is 0.0842 e. The van der Waals surface area contributed by atoms with Gasteiger partial charge in [0.15, 0.2) is 0 Å². The Morgan fingerprint density at radius 1 is 1.23 bits per heavy atom. The number of rotatable bonds is 2. The Morgan fingerprint density at radius 2 is 2.08 bits per heavy atom. The predicted molar refractivity (Wildman–Crippen MR) is 57.8 cm³/mol. The Morgan fingerprint density at radius 3 is 2.92 bits per heavy atom. The van der Waals surface area contributed by atoms with E-state index in [-0.39, 0.29) is 0 Å². The van der Waals surface area contributed by atoms with Crippen LogP contribution in [0.5, 0.6) is 0 Å². The van der Waals surface area contributed by atoms with Crippen molar-refractivity contribution in [1.29, 1.82) is 0 Å². The first-order chi connectivity index (χ1) is 6.40. The van der Waals surface area contributed by atoms with Crippen LogP contribution in [0.3, 0.4) is 0 Å². The number of hydrogen-bond donors (Lipinski definition) is 0. The third-order valence-corrected chi connectivity index (χ3v) is 2.67. The van der Waals surface area contributed by atoms with Crippen molar-refractivity contribution in [2.24, 2.45) is 0 Å². The van der Waals surface area contributed by atoms with Crippen molar-refractivity contribution in [2.75, 3.05) is 0 Å². The molecule has 2 rings (SSSR count). The van der Waals surface area contributed by atoms with Crippen LogP contribution in [0.4, 0.5) is 0 Å². The summed E-state index contributed by atoms with van der Waals surface area (Å²) in [6.07, 6.45) is 9.47. The fourth-order valence-corrected chi connectivity index (χ4v) is 1.95. The predicted octanol–water partition coefficient (Wildman–Crippen LogP) is 3.60. The first kappa shape index (κ1) is 8.55. The van der Waals surface area contributed by atoms with Crippen LogP contribution in [-0.4, -0.2) is 0 Å². The lowest BCUT2D eigenvalue weighted by molar-refractivity contribution is 0.912. The van der Waals surface area contributed by atoms with Crippen molar-refractivity contribution in [1.82, 2.24) is 0 Å². The molecule has 0 aromatic heterocycles. The van der Waals surface area contributed by atoms with Gasteiger partial charge < -0.3 is 0 Å². The molecule has 0 heteroatoms. The molecule has 0 N–H and O–H groups in total. The number of allylic oxidation sites excluding steroid dienone is 1. The highest BCUT2D eigenvalue weighted by molar-refractivity contribution is 5.52. The molecule has 0 aliphatic heterocycles. The van der Waals surface area contributed by atoms with Crippen molar-refractivity contribution >= 4 is 6.08 Å². The summed E-state index contributed by atoms with van der Waals surface area (Å²) in [6, 6.07) is 6.86. The molecule has 13 heavy (non-hydrogen) atoms. The lowest BCUT2D eigenvalue weighted by atomic mass is 10.1. The van der Waals surface area contributed by atoms with Gasteiger partial charge in [-0.25, -0.2) is 0 Å². The van der Waals surface area contributed by atoms with Crippen molar-refractivity contribution in [3.63, 3.8) is 0 Å². The highest BCUT2D eigenvalue weighted by Gasteiger charge is 2.09. The number of hydrogen-bond acceptors (Lipinski definition) is 0. The highest BCUT2D eigenvalue weighted by Crippen LogP contribution is 2.23. The topological polar surface area (TPSA) is 0 Å². The van der Waals surface area contributed by atoms with Gasteiger partial charge in [-0.05, 0) is 42.4 Å². The minimum atomic E-state index is 1.12. The van der Waals surface area contributed by atoms with Gasteiger partial charge >= 0.3 is 0 Å². The molecule has 0 heterocycles. The summed E-state index contributed by atoms with van der Waals surface area (Å²) in [5.74, 6) is 0. The van der Waals surface area contributed by atoms with Gasteiger partial charge in [-0.2, -0.15) is 0 Å². The molecule has 0 nitrogen and oxygen atoms in total. The third-order valence-electron chi connectivity index (χ3n) is 2.67. The van der Waals surface area contributed by atoms with E-state index in [1.165, 1.54) is 24.8 Å². The van der Waals surface area contributed by atoms with Crippen LogP contribution in [0.25, 0.3) is 6.08 Å². The Kier molecular flexibility index (Phi) is 2.49. The van der Waals surface area contributed by atoms with E-state index in [4.69, 9.17) is 0 Å². The highest BCUT2D eigenvalue weighted by atomic mass is 14.1. The molecule has 0 radical (unpaired) electrons. The van der Waals surface area contributed by atoms with Crippen molar-refractivity contribution in [3.05, 3.63) is 41.0 Å². The summed E-state index contributed by atoms with van der Waals surface area (Å²) < 4.78 is 0. The molecular weight excluding hydrogens is 156 g/mol. The summed E-state index contributed by atoms with van der Waals surface area (Å²) in [4.78, 5) is 0. The standard InChI is InChI=1S/C13H16/c1-2-3-5-11-8-9-12-6-4-7-13(12)10-11/h3,5,8-10H,2,4,6-7H2,1H3/b5-3+. The van der Waals surface area contributed by atoms with Crippen molar-refractivity contribution in [3.8, 4) is 0 Å². The van der Waals surface area contributed by atoms with E-state index in [1.807, 2.05) is 0 Å². The molecule has 1 aliphatic carbocycles. The maximum absolute atomic E-state index is 2.34. The van der Waals surface area contributed by atoms with E-state index in [9.17, 15) is 0 Å². The van der Waals surface area contributed by atoms with Gasteiger partial charge in [0.2, 0.25) is 0 Å². The average molecular weight is 172 g/mol. The van der Waals surface area contributed by atoms with Crippen LogP contribution >= 0.6 is 0 Å². The lowest BCUT2D eigenvalue weighted by Gasteiger charge is -1.99. The van der Waals surface area contributed by atoms with Crippen LogP contribution in [0.15, 0.2) is 24.3 Å². The van der Waals surface area contributed by atoms with E-state index in [1.54, 1.807) is 11.1 Å². The summed E-state index contributed by atoms with van der Waals surface area (Å²) in [6.45, 7) is 2.17. The van der Waals surface area contributed by atoms with E-state index in [0.29, 0.717) is 0 Å². The zero-order valence-electron chi connectivity index (χ0n) is 8.22. The number of fused-ring (bicyclic) bond motifs is 1. The average Bonchev–Trinajstić information content (AvgIpc) is 2.61. The van der Waals surface area contributed by atoms with Gasteiger partial charge in [0, 0.05) is 0 Å². The molecule has 1 aromatic rings. The molecule has 0 saturated heterocycles. The molecular formula is C13H16. The van der Waals surface area contributed by atoms with E-state index in [0.717, 1.165) is 6.42 Å². The van der Waals surface area contributed by atoms with Gasteiger partial charge in [-0.1, -0.05) is 37.3 Å². The maximum atomic E-state index is 2.34. The molecule has 0 atom stereocenters. The van der Waals surface area contributed by atoms with Crippen LogP contribution < -0.4 is 0 Å². The van der Waals surface area contributed by atoms with E-state index < -0.39 is 0 Å². The molecule has 0 amide bonds. The Hall–Kier alpha value is -1.04. The molecule has 68 valence electrons. The number of benzene rings is 1. The van der Waals surface area contributed by atoms with Gasteiger partial charge in [0.25, 0.3) is 0 Å². The summed E-state index contributed by atoms with van der Waals surface area (Å²) in [5, 5.41) is 0. The van der Waals surface area contributed by atoms with Crippen LogP contribution in [-0.2, 0) is 12.8 Å². The quantitative estimate of drug-likeness (QED) is 0.639. The second-order valence-electron chi connectivity index (χ2n) is 3.69. The Bertz CT molecular complexity index is 321. The first-order valence-electron chi connectivity index (χ1n) is 5.18. The zero-order valence-corrected chi connectivity index (χ0v) is 8.22. The molecule has 0 fully saturated rings. The minimum Gasteiger partial charge on any atom is -0.0842 e. The fraction of sp³-hybridized carbons (Fsp3) is 0.385. The summed E-state index contributed by atoms with van der Waals surface area (Å²) >= 11 is 0. The van der Waals surface area contributed by atoms with Crippen LogP contribution in [0.2, 0.25) is 0 Å². The van der Waals surface area contributed by atoms with Gasteiger partial charge in [-0.15, -0.1) is 0 Å². The minimum absolute atomic E-state index is 1.12. The maximum Gasteiger partial charge on any atom is -0.0257 e. The molecule has 1 aromatic carbocycles. The van der Waals surface area contributed by atoms with E-state index >= 15 is 0 Å². The fourth-order valence-electron chi connectivity index (χ4n) is 1.95. The molecule has 0 bridgehead atoms. The normalized spacial score (nSPS) is 15.2. The molecule has 1 aliphatic rings. The third kappa shape index (κ3) is 1.82. The van der Waals surface area contributed by atoms with Gasteiger partial charge in [0.1, 0.15) is 0 Å². The first-order valence-corrected chi connectivity index (χ1v) is 5.18. The molecule has 0 unspecified atom stereocenters. The second-order valence-corrected chi connectivity index (χ2v) is 3.69. The second kappa shape index (κ2) is 3.78. The summed E-state index contributed by atoms with van der Waals surface area (Å²) in [7, 11) is 0. The monoisotopic (exact) mass is 172 g/mol. The molecule has 0 saturated carbocycles. The zero-order chi connectivity index (χ0) is 9.10. The van der Waals surface area contributed by atoms with E-state index in [2.05, 4.69) is 37.3 Å². The van der Waals surface area contributed by atoms with Crippen LogP contribution in [0, 0.1) is 0 Å². The smallest absolute Gasteiger partial charge is 0.0257 e. The van der Waals surface area contributed by atoms with Gasteiger partial charge in [-0.3, -0.25) is 0 Å². The van der Waals surface area contributed by atoms with Crippen LogP contribution in [0.1, 0.15) is 36.5 Å². The summed E-state index contributed by atoms with van der Waals surface area (Å²) in [5.41, 5.74) is 4.49.